The van der Waals surface area contributed by atoms with Crippen molar-refractivity contribution in [2.24, 2.45) is 0 Å². The first-order chi connectivity index (χ1) is 9.78. The predicted molar refractivity (Wildman–Crippen MR) is 79.7 cm³/mol. The average molecular weight is 271 g/mol. The zero-order valence-electron chi connectivity index (χ0n) is 12.1. The van der Waals surface area contributed by atoms with E-state index in [2.05, 4.69) is 59.6 Å². The Morgan fingerprint density at radius 2 is 2.25 bits per heavy atom. The highest BCUT2D eigenvalue weighted by atomic mass is 16.5. The van der Waals surface area contributed by atoms with Crippen LogP contribution in [-0.4, -0.2) is 17.7 Å². The quantitative estimate of drug-likeness (QED) is 0.908. The van der Waals surface area contributed by atoms with Crippen LogP contribution in [0.15, 0.2) is 34.9 Å². The maximum Gasteiger partial charge on any atom is 0.156 e. The molecule has 0 radical (unpaired) electrons. The number of aromatic nitrogens is 1. The molecule has 1 N–H and O–H groups in total. The van der Waals surface area contributed by atoms with Crippen molar-refractivity contribution in [3.05, 3.63) is 47.3 Å². The molecular weight excluding hydrogens is 250 g/mol. The van der Waals surface area contributed by atoms with E-state index in [1.165, 1.54) is 11.3 Å². The van der Waals surface area contributed by atoms with Crippen LogP contribution in [0.2, 0.25) is 0 Å². The van der Waals surface area contributed by atoms with Gasteiger partial charge in [-0.3, -0.25) is 0 Å². The summed E-state index contributed by atoms with van der Waals surface area (Å²) in [5.41, 5.74) is 3.72. The van der Waals surface area contributed by atoms with Gasteiger partial charge in [-0.25, -0.2) is 0 Å². The second-order valence-electron chi connectivity index (χ2n) is 5.37. The largest absolute Gasteiger partial charge is 0.361 e. The van der Waals surface area contributed by atoms with Gasteiger partial charge >= 0.3 is 0 Å². The number of rotatable bonds is 5. The molecule has 20 heavy (non-hydrogen) atoms. The average Bonchev–Trinajstić information content (AvgIpc) is 3.02. The smallest absolute Gasteiger partial charge is 0.156 e. The molecule has 0 amide bonds. The van der Waals surface area contributed by atoms with Gasteiger partial charge < -0.3 is 14.7 Å². The summed E-state index contributed by atoms with van der Waals surface area (Å²) in [5, 5.41) is 7.37. The molecule has 1 unspecified atom stereocenters. The van der Waals surface area contributed by atoms with E-state index in [0.717, 1.165) is 37.5 Å². The minimum absolute atomic E-state index is 0.509. The van der Waals surface area contributed by atoms with E-state index in [4.69, 9.17) is 4.52 Å². The molecule has 4 heteroatoms. The lowest BCUT2D eigenvalue weighted by molar-refractivity contribution is 0.371. The molecule has 1 aromatic carbocycles. The number of fused-ring (bicyclic) bond motifs is 1. The van der Waals surface area contributed by atoms with E-state index in [0.29, 0.717) is 6.04 Å². The van der Waals surface area contributed by atoms with Crippen molar-refractivity contribution in [3.8, 4) is 0 Å². The van der Waals surface area contributed by atoms with Crippen LogP contribution in [0.5, 0.6) is 0 Å². The second kappa shape index (κ2) is 5.67. The molecule has 1 atom stereocenters. The Bertz CT molecular complexity index is 579. The third-order valence-corrected chi connectivity index (χ3v) is 3.84. The number of hydrogen-bond acceptors (Lipinski definition) is 4. The molecular formula is C16H21N3O. The fourth-order valence-corrected chi connectivity index (χ4v) is 2.81. The molecule has 0 saturated heterocycles. The third kappa shape index (κ3) is 2.56. The van der Waals surface area contributed by atoms with Crippen molar-refractivity contribution in [3.63, 3.8) is 0 Å². The van der Waals surface area contributed by atoms with Gasteiger partial charge in [-0.2, -0.15) is 0 Å². The van der Waals surface area contributed by atoms with Gasteiger partial charge in [-0.1, -0.05) is 30.3 Å². The lowest BCUT2D eigenvalue weighted by atomic mass is 10.1. The summed E-state index contributed by atoms with van der Waals surface area (Å²) >= 11 is 0. The maximum absolute atomic E-state index is 5.46. The predicted octanol–water partition coefficient (Wildman–Crippen LogP) is 2.74. The van der Waals surface area contributed by atoms with E-state index in [1.54, 1.807) is 0 Å². The van der Waals surface area contributed by atoms with Gasteiger partial charge in [-0.05, 0) is 31.5 Å². The van der Waals surface area contributed by atoms with Crippen LogP contribution in [0.1, 0.15) is 30.9 Å². The number of nitrogens with zero attached hydrogens (tertiary/aromatic N) is 2. The van der Waals surface area contributed by atoms with E-state index < -0.39 is 0 Å². The Balaban J connectivity index is 1.73. The molecule has 106 valence electrons. The van der Waals surface area contributed by atoms with Crippen molar-refractivity contribution in [2.45, 2.75) is 39.4 Å². The van der Waals surface area contributed by atoms with E-state index in [-0.39, 0.29) is 0 Å². The molecule has 4 nitrogen and oxygen atoms in total. The molecule has 2 heterocycles. The highest BCUT2D eigenvalue weighted by Gasteiger charge is 2.26. The van der Waals surface area contributed by atoms with E-state index >= 15 is 0 Å². The van der Waals surface area contributed by atoms with E-state index in [9.17, 15) is 0 Å². The van der Waals surface area contributed by atoms with Gasteiger partial charge in [0, 0.05) is 24.3 Å². The fraction of sp³-hybridized carbons (Fsp3) is 0.438. The van der Waals surface area contributed by atoms with Gasteiger partial charge in [0.2, 0.25) is 0 Å². The second-order valence-corrected chi connectivity index (χ2v) is 5.37. The van der Waals surface area contributed by atoms with Crippen molar-refractivity contribution >= 4 is 5.69 Å². The van der Waals surface area contributed by atoms with Crippen LogP contribution < -0.4 is 10.2 Å². The van der Waals surface area contributed by atoms with Crippen molar-refractivity contribution in [1.29, 1.82) is 0 Å². The molecule has 1 aliphatic rings. The monoisotopic (exact) mass is 271 g/mol. The first kappa shape index (κ1) is 13.2. The molecule has 0 saturated carbocycles. The SMILES string of the molecule is CCNCc1cc(CN2c3ccccc3CC2C)on1. The highest BCUT2D eigenvalue weighted by Crippen LogP contribution is 2.33. The number of nitrogens with one attached hydrogen (secondary N) is 1. The van der Waals surface area contributed by atoms with Gasteiger partial charge in [-0.15, -0.1) is 0 Å². The van der Waals surface area contributed by atoms with Gasteiger partial charge in [0.05, 0.1) is 12.2 Å². The summed E-state index contributed by atoms with van der Waals surface area (Å²) in [7, 11) is 0. The normalized spacial score (nSPS) is 17.5. The Labute approximate surface area is 119 Å². The standard InChI is InChI=1S/C16H21N3O/c1-3-17-10-14-9-15(20-18-14)11-19-12(2)8-13-6-4-5-7-16(13)19/h4-7,9,12,17H,3,8,10-11H2,1-2H3. The minimum Gasteiger partial charge on any atom is -0.361 e. The maximum atomic E-state index is 5.46. The molecule has 3 rings (SSSR count). The lowest BCUT2D eigenvalue weighted by Gasteiger charge is -2.23. The first-order valence-electron chi connectivity index (χ1n) is 7.27. The molecule has 1 aromatic heterocycles. The molecule has 0 bridgehead atoms. The Morgan fingerprint density at radius 1 is 1.40 bits per heavy atom. The number of hydrogen-bond donors (Lipinski definition) is 1. The van der Waals surface area contributed by atoms with Crippen LogP contribution in [0, 0.1) is 0 Å². The Kier molecular flexibility index (Phi) is 3.74. The van der Waals surface area contributed by atoms with Crippen LogP contribution in [-0.2, 0) is 19.5 Å². The topological polar surface area (TPSA) is 41.3 Å². The summed E-state index contributed by atoms with van der Waals surface area (Å²) in [5.74, 6) is 0.932. The molecule has 0 aliphatic carbocycles. The summed E-state index contributed by atoms with van der Waals surface area (Å²) in [6.07, 6.45) is 1.11. The van der Waals surface area contributed by atoms with Gasteiger partial charge in [0.25, 0.3) is 0 Å². The number of para-hydroxylation sites is 1. The zero-order chi connectivity index (χ0) is 13.9. The van der Waals surface area contributed by atoms with Crippen LogP contribution in [0.25, 0.3) is 0 Å². The molecule has 0 spiro atoms. The third-order valence-electron chi connectivity index (χ3n) is 3.84. The highest BCUT2D eigenvalue weighted by molar-refractivity contribution is 5.59. The zero-order valence-corrected chi connectivity index (χ0v) is 12.1. The van der Waals surface area contributed by atoms with Gasteiger partial charge in [0.1, 0.15) is 0 Å². The first-order valence-corrected chi connectivity index (χ1v) is 7.27. The number of anilines is 1. The molecule has 0 fully saturated rings. The van der Waals surface area contributed by atoms with Crippen LogP contribution in [0.3, 0.4) is 0 Å². The minimum atomic E-state index is 0.509. The van der Waals surface area contributed by atoms with Gasteiger partial charge in [0.15, 0.2) is 5.76 Å². The van der Waals surface area contributed by atoms with Crippen molar-refractivity contribution in [1.82, 2.24) is 10.5 Å². The Hall–Kier alpha value is -1.81. The molecule has 1 aliphatic heterocycles. The van der Waals surface area contributed by atoms with Crippen molar-refractivity contribution in [2.75, 3.05) is 11.4 Å². The number of benzene rings is 1. The van der Waals surface area contributed by atoms with E-state index in [1.807, 2.05) is 0 Å². The summed E-state index contributed by atoms with van der Waals surface area (Å²) in [6, 6.07) is 11.2. The lowest BCUT2D eigenvalue weighted by Crippen LogP contribution is -2.28. The summed E-state index contributed by atoms with van der Waals surface area (Å²) < 4.78 is 5.46. The summed E-state index contributed by atoms with van der Waals surface area (Å²) in [6.45, 7) is 6.85. The van der Waals surface area contributed by atoms with Crippen LogP contribution >= 0.6 is 0 Å². The molecule has 2 aromatic rings. The van der Waals surface area contributed by atoms with Crippen LogP contribution in [0.4, 0.5) is 5.69 Å². The summed E-state index contributed by atoms with van der Waals surface area (Å²) in [4.78, 5) is 2.40. The Morgan fingerprint density at radius 3 is 3.10 bits per heavy atom. The fourth-order valence-electron chi connectivity index (χ4n) is 2.81. The van der Waals surface area contributed by atoms with Crippen molar-refractivity contribution < 1.29 is 4.52 Å².